The van der Waals surface area contributed by atoms with Crippen LogP contribution in [0.1, 0.15) is 19.4 Å². The van der Waals surface area contributed by atoms with E-state index in [1.54, 1.807) is 17.0 Å². The first-order chi connectivity index (χ1) is 13.0. The number of hydrazone groups is 1. The van der Waals surface area contributed by atoms with Crippen molar-refractivity contribution in [3.05, 3.63) is 39.9 Å². The maximum atomic E-state index is 12.7. The Hall–Kier alpha value is -2.68. The summed E-state index contributed by atoms with van der Waals surface area (Å²) in [7, 11) is 0. The second-order valence-electron chi connectivity index (χ2n) is 6.84. The van der Waals surface area contributed by atoms with E-state index in [4.69, 9.17) is 9.47 Å². The Bertz CT molecular complexity index is 738. The van der Waals surface area contributed by atoms with Crippen LogP contribution in [0.25, 0.3) is 0 Å². The number of aryl methyl sites for hydroxylation is 1. The lowest BCUT2D eigenvalue weighted by Gasteiger charge is -2.23. The number of nitrogens with zero attached hydrogens (tertiary/aromatic N) is 4. The number of carbonyl (C=O) groups excluding carboxylic acids is 1. The first kappa shape index (κ1) is 19.1. The Morgan fingerprint density at radius 3 is 2.81 bits per heavy atom. The first-order valence-corrected chi connectivity index (χ1v) is 9.12. The highest BCUT2D eigenvalue weighted by Crippen LogP contribution is 2.24. The van der Waals surface area contributed by atoms with Crippen LogP contribution in [0.3, 0.4) is 0 Å². The van der Waals surface area contributed by atoms with Gasteiger partial charge in [0.15, 0.2) is 5.03 Å². The van der Waals surface area contributed by atoms with Gasteiger partial charge in [-0.1, -0.05) is 32.0 Å². The quantitative estimate of drug-likeness (QED) is 0.577. The van der Waals surface area contributed by atoms with Gasteiger partial charge in [0.2, 0.25) is 0 Å². The molecule has 9 heteroatoms. The zero-order valence-electron chi connectivity index (χ0n) is 15.5. The summed E-state index contributed by atoms with van der Waals surface area (Å²) in [6.07, 6.45) is 0.0556. The summed E-state index contributed by atoms with van der Waals surface area (Å²) in [6, 6.07) is 7.25. The molecule has 2 heterocycles. The molecular weight excluding hydrogens is 352 g/mol. The molecule has 0 N–H and O–H groups in total. The maximum Gasteiger partial charge on any atom is 0.422 e. The summed E-state index contributed by atoms with van der Waals surface area (Å²) in [5.74, 6) is 1.10. The van der Waals surface area contributed by atoms with Crippen LogP contribution >= 0.6 is 0 Å². The summed E-state index contributed by atoms with van der Waals surface area (Å²) >= 11 is 0. The van der Waals surface area contributed by atoms with E-state index in [1.807, 2.05) is 19.1 Å². The summed E-state index contributed by atoms with van der Waals surface area (Å²) in [5, 5.41) is 13.7. The molecule has 27 heavy (non-hydrogen) atoms. The van der Waals surface area contributed by atoms with Gasteiger partial charge in [-0.15, -0.1) is 0 Å². The summed E-state index contributed by atoms with van der Waals surface area (Å²) in [6.45, 7) is 6.67. The Labute approximate surface area is 157 Å². The van der Waals surface area contributed by atoms with Crippen molar-refractivity contribution in [3.8, 4) is 5.75 Å². The highest BCUT2D eigenvalue weighted by Gasteiger charge is 2.38. The second-order valence-corrected chi connectivity index (χ2v) is 6.84. The van der Waals surface area contributed by atoms with Crippen LogP contribution in [-0.2, 0) is 11.2 Å². The molecule has 2 aliphatic heterocycles. The van der Waals surface area contributed by atoms with E-state index in [9.17, 15) is 14.9 Å². The molecule has 1 amide bonds. The SMILES string of the molecule is CCc1ccccc1OC(=O)N1CCN(CC2COCC2C)C1=N[N+](=O)[O-]. The van der Waals surface area contributed by atoms with Crippen molar-refractivity contribution in [1.82, 2.24) is 9.80 Å². The zero-order valence-corrected chi connectivity index (χ0v) is 15.5. The summed E-state index contributed by atoms with van der Waals surface area (Å²) in [5.41, 5.74) is 0.895. The molecule has 2 saturated heterocycles. The van der Waals surface area contributed by atoms with Crippen LogP contribution in [0.15, 0.2) is 29.4 Å². The largest absolute Gasteiger partial charge is 0.422 e. The number of hydrogen-bond donors (Lipinski definition) is 0. The molecule has 0 saturated carbocycles. The molecule has 1 aromatic carbocycles. The Balaban J connectivity index is 1.75. The van der Waals surface area contributed by atoms with Gasteiger partial charge < -0.3 is 14.4 Å². The van der Waals surface area contributed by atoms with Crippen LogP contribution in [0.2, 0.25) is 0 Å². The number of amides is 1. The number of benzene rings is 1. The molecule has 2 unspecified atom stereocenters. The third-order valence-electron chi connectivity index (χ3n) is 5.03. The molecule has 0 aromatic heterocycles. The highest BCUT2D eigenvalue weighted by atomic mass is 16.7. The predicted molar refractivity (Wildman–Crippen MR) is 98.0 cm³/mol. The lowest BCUT2D eigenvalue weighted by atomic mass is 9.98. The highest BCUT2D eigenvalue weighted by molar-refractivity contribution is 5.96. The van der Waals surface area contributed by atoms with E-state index in [0.29, 0.717) is 50.9 Å². The number of rotatable bonds is 5. The number of nitro groups is 1. The third-order valence-corrected chi connectivity index (χ3v) is 5.03. The normalized spacial score (nSPS) is 23.9. The Kier molecular flexibility index (Phi) is 5.90. The van der Waals surface area contributed by atoms with Crippen molar-refractivity contribution < 1.29 is 19.3 Å². The molecule has 146 valence electrons. The molecule has 9 nitrogen and oxygen atoms in total. The number of guanidine groups is 1. The summed E-state index contributed by atoms with van der Waals surface area (Å²) < 4.78 is 11.0. The van der Waals surface area contributed by atoms with Gasteiger partial charge in [-0.05, 0) is 24.0 Å². The average Bonchev–Trinajstić information content (AvgIpc) is 3.22. The molecule has 2 aliphatic rings. The lowest BCUT2D eigenvalue weighted by molar-refractivity contribution is -0.486. The van der Waals surface area contributed by atoms with Gasteiger partial charge in [-0.3, -0.25) is 0 Å². The van der Waals surface area contributed by atoms with Crippen LogP contribution in [0.4, 0.5) is 4.79 Å². The fourth-order valence-corrected chi connectivity index (χ4v) is 3.39. The van der Waals surface area contributed by atoms with E-state index in [0.717, 1.165) is 5.56 Å². The molecule has 2 atom stereocenters. The predicted octanol–water partition coefficient (Wildman–Crippen LogP) is 2.20. The van der Waals surface area contributed by atoms with E-state index >= 15 is 0 Å². The van der Waals surface area contributed by atoms with Gasteiger partial charge in [-0.2, -0.15) is 0 Å². The van der Waals surface area contributed by atoms with Crippen molar-refractivity contribution in [2.24, 2.45) is 16.9 Å². The van der Waals surface area contributed by atoms with E-state index < -0.39 is 11.1 Å². The van der Waals surface area contributed by atoms with Gasteiger partial charge in [0.25, 0.3) is 5.96 Å². The fourth-order valence-electron chi connectivity index (χ4n) is 3.39. The minimum absolute atomic E-state index is 0.0260. The average molecular weight is 376 g/mol. The standard InChI is InChI=1S/C18H24N4O5/c1-3-14-6-4-5-7-16(14)27-18(23)21-9-8-20(17(21)19-22(24)25)10-15-12-26-11-13(15)2/h4-7,13,15H,3,8-12H2,1-2H3. The number of para-hydroxylation sites is 1. The molecule has 0 aliphatic carbocycles. The number of carbonyl (C=O) groups is 1. The Morgan fingerprint density at radius 1 is 1.37 bits per heavy atom. The van der Waals surface area contributed by atoms with Crippen molar-refractivity contribution in [2.45, 2.75) is 20.3 Å². The fraction of sp³-hybridized carbons (Fsp3) is 0.556. The van der Waals surface area contributed by atoms with Gasteiger partial charge in [0.05, 0.1) is 13.2 Å². The monoisotopic (exact) mass is 376 g/mol. The number of hydrogen-bond acceptors (Lipinski definition) is 5. The van der Waals surface area contributed by atoms with Gasteiger partial charge in [0.1, 0.15) is 10.9 Å². The molecule has 2 fully saturated rings. The van der Waals surface area contributed by atoms with Crippen molar-refractivity contribution in [1.29, 1.82) is 0 Å². The first-order valence-electron chi connectivity index (χ1n) is 9.12. The molecule has 0 bridgehead atoms. The molecule has 1 aromatic rings. The Morgan fingerprint density at radius 2 is 2.15 bits per heavy atom. The van der Waals surface area contributed by atoms with Gasteiger partial charge in [-0.25, -0.2) is 19.8 Å². The topological polar surface area (TPSA) is 97.5 Å². The second kappa shape index (κ2) is 8.34. The van der Waals surface area contributed by atoms with Gasteiger partial charge in [0, 0.05) is 25.6 Å². The molecule has 0 spiro atoms. The van der Waals surface area contributed by atoms with E-state index in [-0.39, 0.29) is 11.9 Å². The van der Waals surface area contributed by atoms with Crippen molar-refractivity contribution in [2.75, 3.05) is 32.8 Å². The van der Waals surface area contributed by atoms with Crippen LogP contribution < -0.4 is 4.74 Å². The van der Waals surface area contributed by atoms with E-state index in [1.165, 1.54) is 4.90 Å². The van der Waals surface area contributed by atoms with E-state index in [2.05, 4.69) is 12.0 Å². The summed E-state index contributed by atoms with van der Waals surface area (Å²) in [4.78, 5) is 26.7. The van der Waals surface area contributed by atoms with Gasteiger partial charge >= 0.3 is 6.09 Å². The number of ether oxygens (including phenoxy) is 2. The minimum atomic E-state index is -0.775. The van der Waals surface area contributed by atoms with Crippen LogP contribution in [0.5, 0.6) is 5.75 Å². The van der Waals surface area contributed by atoms with Crippen molar-refractivity contribution in [3.63, 3.8) is 0 Å². The molecule has 3 rings (SSSR count). The van der Waals surface area contributed by atoms with Crippen LogP contribution in [0, 0.1) is 22.0 Å². The van der Waals surface area contributed by atoms with Crippen LogP contribution in [-0.4, -0.2) is 59.7 Å². The molecular formula is C18H24N4O5. The smallest absolute Gasteiger partial charge is 0.410 e. The maximum absolute atomic E-state index is 12.7. The molecule has 0 radical (unpaired) electrons. The van der Waals surface area contributed by atoms with Crippen molar-refractivity contribution >= 4 is 12.1 Å². The zero-order chi connectivity index (χ0) is 19.4. The third kappa shape index (κ3) is 4.36. The lowest BCUT2D eigenvalue weighted by Crippen LogP contribution is -2.42. The minimum Gasteiger partial charge on any atom is -0.410 e.